The number of carbonyl (C=O) groups excluding carboxylic acids is 1. The van der Waals surface area contributed by atoms with E-state index < -0.39 is 5.41 Å². The minimum absolute atomic E-state index is 0.115. The molecule has 0 N–H and O–H groups in total. The Labute approximate surface area is 157 Å². The number of rotatable bonds is 4. The molecule has 0 aliphatic rings. The lowest BCUT2D eigenvalue weighted by Crippen LogP contribution is -2.25. The highest BCUT2D eigenvalue weighted by Gasteiger charge is 2.22. The smallest absolute Gasteiger partial charge is 0.266 e. The fourth-order valence-electron chi connectivity index (χ4n) is 2.53. The van der Waals surface area contributed by atoms with E-state index >= 15 is 0 Å². The SMILES string of the molecule is Cc1ccc2nc(SCC(=O)C(C)(C)C)n(-c3ccccc3)c(=O)c2c1. The van der Waals surface area contributed by atoms with Crippen LogP contribution in [0.3, 0.4) is 0 Å². The first-order chi connectivity index (χ1) is 12.3. The molecule has 1 aromatic heterocycles. The first-order valence-corrected chi connectivity index (χ1v) is 9.51. The average molecular weight is 366 g/mol. The number of carbonyl (C=O) groups is 1. The molecule has 2 aromatic carbocycles. The second-order valence-electron chi connectivity index (χ2n) is 7.35. The molecule has 0 saturated heterocycles. The molecule has 3 aromatic rings. The van der Waals surface area contributed by atoms with E-state index in [0.717, 1.165) is 11.3 Å². The summed E-state index contributed by atoms with van der Waals surface area (Å²) in [6.45, 7) is 7.65. The van der Waals surface area contributed by atoms with Crippen LogP contribution in [0.5, 0.6) is 0 Å². The largest absolute Gasteiger partial charge is 0.298 e. The van der Waals surface area contributed by atoms with E-state index in [1.807, 2.05) is 76.2 Å². The molecule has 0 spiro atoms. The fraction of sp³-hybridized carbons (Fsp3) is 0.286. The lowest BCUT2D eigenvalue weighted by Gasteiger charge is -2.17. The van der Waals surface area contributed by atoms with Gasteiger partial charge in [0.25, 0.3) is 5.56 Å². The van der Waals surface area contributed by atoms with Crippen LogP contribution in [0.4, 0.5) is 0 Å². The normalized spacial score (nSPS) is 11.7. The Bertz CT molecular complexity index is 1020. The Morgan fingerprint density at radius 3 is 2.46 bits per heavy atom. The molecule has 0 amide bonds. The number of aryl methyl sites for hydroxylation is 1. The van der Waals surface area contributed by atoms with Gasteiger partial charge in [-0.05, 0) is 31.2 Å². The zero-order valence-electron chi connectivity index (χ0n) is 15.4. The Kier molecular flexibility index (Phi) is 5.01. The highest BCUT2D eigenvalue weighted by Crippen LogP contribution is 2.25. The third-order valence-electron chi connectivity index (χ3n) is 4.18. The summed E-state index contributed by atoms with van der Waals surface area (Å²) in [6, 6.07) is 15.1. The predicted octanol–water partition coefficient (Wildman–Crippen LogP) is 4.40. The summed E-state index contributed by atoms with van der Waals surface area (Å²) in [5.41, 5.74) is 1.88. The van der Waals surface area contributed by atoms with Gasteiger partial charge in [0.1, 0.15) is 5.78 Å². The van der Waals surface area contributed by atoms with Gasteiger partial charge in [-0.1, -0.05) is 62.4 Å². The van der Waals surface area contributed by atoms with Crippen molar-refractivity contribution >= 4 is 28.4 Å². The first kappa shape index (κ1) is 18.4. The number of benzene rings is 2. The Morgan fingerprint density at radius 2 is 1.81 bits per heavy atom. The molecule has 0 fully saturated rings. The van der Waals surface area contributed by atoms with Crippen molar-refractivity contribution in [2.75, 3.05) is 5.75 Å². The van der Waals surface area contributed by atoms with Crippen LogP contribution in [0, 0.1) is 12.3 Å². The molecule has 4 nitrogen and oxygen atoms in total. The van der Waals surface area contributed by atoms with E-state index in [4.69, 9.17) is 0 Å². The summed E-state index contributed by atoms with van der Waals surface area (Å²) < 4.78 is 1.60. The van der Waals surface area contributed by atoms with Crippen LogP contribution >= 0.6 is 11.8 Å². The van der Waals surface area contributed by atoms with Gasteiger partial charge in [0.05, 0.1) is 22.3 Å². The second-order valence-corrected chi connectivity index (χ2v) is 8.30. The van der Waals surface area contributed by atoms with E-state index in [1.54, 1.807) is 4.57 Å². The molecule has 1 heterocycles. The molecular formula is C21H22N2O2S. The zero-order chi connectivity index (χ0) is 18.9. The van der Waals surface area contributed by atoms with Crippen LogP contribution in [0.2, 0.25) is 0 Å². The molecule has 0 bridgehead atoms. The van der Waals surface area contributed by atoms with E-state index in [-0.39, 0.29) is 17.1 Å². The standard InChI is InChI=1S/C21H22N2O2S/c1-14-10-11-17-16(12-14)19(25)23(15-8-6-5-7-9-15)20(22-17)26-13-18(24)21(2,3)4/h5-12H,13H2,1-4H3. The minimum Gasteiger partial charge on any atom is -0.298 e. The molecule has 0 aliphatic heterocycles. The van der Waals surface area contributed by atoms with Gasteiger partial charge in [0.15, 0.2) is 5.16 Å². The second kappa shape index (κ2) is 7.08. The lowest BCUT2D eigenvalue weighted by atomic mass is 9.92. The number of nitrogens with zero attached hydrogens (tertiary/aromatic N) is 2. The molecule has 0 atom stereocenters. The van der Waals surface area contributed by atoms with Gasteiger partial charge >= 0.3 is 0 Å². The number of aromatic nitrogens is 2. The molecule has 0 saturated carbocycles. The molecule has 5 heteroatoms. The maximum atomic E-state index is 13.2. The number of hydrogen-bond acceptors (Lipinski definition) is 4. The van der Waals surface area contributed by atoms with E-state index in [2.05, 4.69) is 4.98 Å². The number of thioether (sulfide) groups is 1. The Balaban J connectivity index is 2.16. The average Bonchev–Trinajstić information content (AvgIpc) is 2.60. The number of hydrogen-bond donors (Lipinski definition) is 0. The number of fused-ring (bicyclic) bond motifs is 1. The summed E-state index contributed by atoms with van der Waals surface area (Å²) in [7, 11) is 0. The minimum atomic E-state index is -0.418. The third-order valence-corrected chi connectivity index (χ3v) is 5.11. The van der Waals surface area contributed by atoms with Crippen molar-refractivity contribution in [3.05, 3.63) is 64.4 Å². The van der Waals surface area contributed by atoms with E-state index in [9.17, 15) is 9.59 Å². The van der Waals surface area contributed by atoms with Gasteiger partial charge in [-0.25, -0.2) is 4.98 Å². The number of para-hydroxylation sites is 1. The van der Waals surface area contributed by atoms with Crippen LogP contribution in [0.15, 0.2) is 58.5 Å². The summed E-state index contributed by atoms with van der Waals surface area (Å²) in [5, 5.41) is 1.12. The highest BCUT2D eigenvalue weighted by molar-refractivity contribution is 7.99. The molecule has 26 heavy (non-hydrogen) atoms. The zero-order valence-corrected chi connectivity index (χ0v) is 16.3. The van der Waals surface area contributed by atoms with Crippen molar-refractivity contribution in [2.45, 2.75) is 32.9 Å². The molecule has 0 unspecified atom stereocenters. The van der Waals surface area contributed by atoms with Crippen molar-refractivity contribution in [1.29, 1.82) is 0 Å². The number of ketones is 1. The van der Waals surface area contributed by atoms with Gasteiger partial charge in [0, 0.05) is 5.41 Å². The summed E-state index contributed by atoms with van der Waals surface area (Å²) in [5.74, 6) is 0.403. The lowest BCUT2D eigenvalue weighted by molar-refractivity contribution is -0.123. The fourth-order valence-corrected chi connectivity index (χ4v) is 3.70. The third kappa shape index (κ3) is 3.73. The van der Waals surface area contributed by atoms with Gasteiger partial charge < -0.3 is 0 Å². The number of Topliss-reactive ketones (excluding diaryl/α,β-unsaturated/α-hetero) is 1. The topological polar surface area (TPSA) is 52.0 Å². The van der Waals surface area contributed by atoms with Gasteiger partial charge in [-0.15, -0.1) is 0 Å². The van der Waals surface area contributed by atoms with Crippen molar-refractivity contribution in [3.8, 4) is 5.69 Å². The summed E-state index contributed by atoms with van der Waals surface area (Å²) in [4.78, 5) is 30.2. The maximum Gasteiger partial charge on any atom is 0.266 e. The molecule has 134 valence electrons. The van der Waals surface area contributed by atoms with Crippen molar-refractivity contribution in [2.24, 2.45) is 5.41 Å². The Morgan fingerprint density at radius 1 is 1.12 bits per heavy atom. The molecule has 3 rings (SSSR count). The van der Waals surface area contributed by atoms with Crippen LogP contribution < -0.4 is 5.56 Å². The quantitative estimate of drug-likeness (QED) is 0.507. The van der Waals surface area contributed by atoms with Crippen LogP contribution in [-0.2, 0) is 4.79 Å². The van der Waals surface area contributed by atoms with Crippen LogP contribution in [0.1, 0.15) is 26.3 Å². The monoisotopic (exact) mass is 366 g/mol. The molecule has 0 aliphatic carbocycles. The van der Waals surface area contributed by atoms with Crippen molar-refractivity contribution < 1.29 is 4.79 Å². The predicted molar refractivity (Wildman–Crippen MR) is 107 cm³/mol. The van der Waals surface area contributed by atoms with Crippen molar-refractivity contribution in [1.82, 2.24) is 9.55 Å². The van der Waals surface area contributed by atoms with Gasteiger partial charge in [-0.2, -0.15) is 0 Å². The molecule has 0 radical (unpaired) electrons. The molecular weight excluding hydrogens is 344 g/mol. The van der Waals surface area contributed by atoms with E-state index in [0.29, 0.717) is 16.1 Å². The van der Waals surface area contributed by atoms with Gasteiger partial charge in [0.2, 0.25) is 0 Å². The van der Waals surface area contributed by atoms with Crippen LogP contribution in [0.25, 0.3) is 16.6 Å². The Hall–Kier alpha value is -2.40. The highest BCUT2D eigenvalue weighted by atomic mass is 32.2. The van der Waals surface area contributed by atoms with Crippen LogP contribution in [-0.4, -0.2) is 21.1 Å². The maximum absolute atomic E-state index is 13.2. The van der Waals surface area contributed by atoms with E-state index in [1.165, 1.54) is 11.8 Å². The van der Waals surface area contributed by atoms with Gasteiger partial charge in [-0.3, -0.25) is 14.2 Å². The first-order valence-electron chi connectivity index (χ1n) is 8.52. The summed E-state index contributed by atoms with van der Waals surface area (Å²) >= 11 is 1.31. The summed E-state index contributed by atoms with van der Waals surface area (Å²) in [6.07, 6.45) is 0. The van der Waals surface area contributed by atoms with Crippen molar-refractivity contribution in [3.63, 3.8) is 0 Å².